The first-order valence-corrected chi connectivity index (χ1v) is 9.11. The van der Waals surface area contributed by atoms with Crippen molar-refractivity contribution in [1.82, 2.24) is 0 Å². The molecule has 3 aromatic rings. The van der Waals surface area contributed by atoms with Crippen LogP contribution in [0.25, 0.3) is 10.8 Å². The Morgan fingerprint density at radius 3 is 2.31 bits per heavy atom. The van der Waals surface area contributed by atoms with Gasteiger partial charge >= 0.3 is 11.9 Å². The number of hydrogen-bond acceptors (Lipinski definition) is 5. The van der Waals surface area contributed by atoms with E-state index >= 15 is 0 Å². The van der Waals surface area contributed by atoms with Crippen LogP contribution in [0.15, 0.2) is 67.3 Å². The zero-order valence-electron chi connectivity index (χ0n) is 16.6. The summed E-state index contributed by atoms with van der Waals surface area (Å²) in [6.07, 6.45) is 1.10. The average molecular weight is 390 g/mol. The minimum atomic E-state index is -0.534. The molecule has 0 amide bonds. The van der Waals surface area contributed by atoms with Crippen molar-refractivity contribution in [3.8, 4) is 17.2 Å². The van der Waals surface area contributed by atoms with Crippen LogP contribution in [0.4, 0.5) is 0 Å². The maximum Gasteiger partial charge on any atom is 0.343 e. The number of fused-ring (bicyclic) bond motifs is 1. The molecule has 29 heavy (non-hydrogen) atoms. The molecular formula is C24H22O5. The molecule has 5 heteroatoms. The van der Waals surface area contributed by atoms with E-state index in [-0.39, 0.29) is 11.2 Å². The van der Waals surface area contributed by atoms with E-state index in [0.717, 1.165) is 22.4 Å². The fourth-order valence-corrected chi connectivity index (χ4v) is 2.92. The number of esters is 2. The first-order chi connectivity index (χ1) is 13.7. The molecule has 3 rings (SSSR count). The summed E-state index contributed by atoms with van der Waals surface area (Å²) in [5.74, 6) is -0.101. The molecule has 0 atom stereocenters. The van der Waals surface area contributed by atoms with E-state index in [4.69, 9.17) is 9.47 Å². The summed E-state index contributed by atoms with van der Waals surface area (Å²) in [7, 11) is 0. The van der Waals surface area contributed by atoms with Crippen LogP contribution in [-0.4, -0.2) is 17.0 Å². The van der Waals surface area contributed by atoms with Crippen molar-refractivity contribution in [1.29, 1.82) is 0 Å². The first kappa shape index (κ1) is 20.1. The van der Waals surface area contributed by atoms with Crippen LogP contribution in [0, 0.1) is 0 Å². The monoisotopic (exact) mass is 390 g/mol. The van der Waals surface area contributed by atoms with E-state index in [1.165, 1.54) is 6.07 Å². The number of rotatable bonds is 4. The van der Waals surface area contributed by atoms with E-state index in [2.05, 4.69) is 6.58 Å². The Labute approximate surface area is 169 Å². The van der Waals surface area contributed by atoms with E-state index in [1.807, 2.05) is 20.8 Å². The van der Waals surface area contributed by atoms with Gasteiger partial charge in [-0.3, -0.25) is 0 Å². The van der Waals surface area contributed by atoms with Crippen molar-refractivity contribution >= 4 is 22.7 Å². The molecule has 0 bridgehead atoms. The minimum absolute atomic E-state index is 0.119. The molecule has 0 aliphatic heterocycles. The molecule has 0 radical (unpaired) electrons. The van der Waals surface area contributed by atoms with Gasteiger partial charge in [-0.15, -0.1) is 0 Å². The predicted molar refractivity (Wildman–Crippen MR) is 112 cm³/mol. The summed E-state index contributed by atoms with van der Waals surface area (Å²) in [6.45, 7) is 9.30. The Bertz CT molecular complexity index is 1110. The summed E-state index contributed by atoms with van der Waals surface area (Å²) >= 11 is 0. The Morgan fingerprint density at radius 1 is 0.931 bits per heavy atom. The van der Waals surface area contributed by atoms with Crippen molar-refractivity contribution in [2.45, 2.75) is 26.2 Å². The van der Waals surface area contributed by atoms with Crippen molar-refractivity contribution in [2.75, 3.05) is 0 Å². The summed E-state index contributed by atoms with van der Waals surface area (Å²) < 4.78 is 10.7. The third-order valence-corrected chi connectivity index (χ3v) is 4.41. The Kier molecular flexibility index (Phi) is 5.41. The second-order valence-corrected chi connectivity index (χ2v) is 7.67. The van der Waals surface area contributed by atoms with Gasteiger partial charge in [-0.1, -0.05) is 39.5 Å². The van der Waals surface area contributed by atoms with Crippen molar-refractivity contribution in [2.24, 2.45) is 0 Å². The smallest absolute Gasteiger partial charge is 0.343 e. The molecule has 0 saturated heterocycles. The highest BCUT2D eigenvalue weighted by molar-refractivity contribution is 5.97. The number of benzene rings is 3. The number of phenols is 1. The summed E-state index contributed by atoms with van der Waals surface area (Å²) in [6, 6.07) is 14.9. The quantitative estimate of drug-likeness (QED) is 0.379. The lowest BCUT2D eigenvalue weighted by atomic mass is 9.86. The number of carbonyl (C=O) groups is 2. The van der Waals surface area contributed by atoms with Gasteiger partial charge < -0.3 is 14.6 Å². The zero-order valence-corrected chi connectivity index (χ0v) is 16.6. The minimum Gasteiger partial charge on any atom is -0.508 e. The maximum absolute atomic E-state index is 12.7. The highest BCUT2D eigenvalue weighted by Crippen LogP contribution is 2.34. The van der Waals surface area contributed by atoms with Crippen molar-refractivity contribution in [3.05, 3.63) is 78.4 Å². The molecule has 5 nitrogen and oxygen atoms in total. The van der Waals surface area contributed by atoms with Crippen LogP contribution >= 0.6 is 0 Å². The maximum atomic E-state index is 12.7. The number of ether oxygens (including phenoxy) is 2. The predicted octanol–water partition coefficient (Wildman–Crippen LogP) is 5.15. The van der Waals surface area contributed by atoms with Gasteiger partial charge in [0.25, 0.3) is 0 Å². The highest BCUT2D eigenvalue weighted by atomic mass is 16.5. The lowest BCUT2D eigenvalue weighted by molar-refractivity contribution is -0.128. The molecule has 0 aromatic heterocycles. The molecule has 0 aliphatic rings. The third-order valence-electron chi connectivity index (χ3n) is 4.41. The molecule has 1 N–H and O–H groups in total. The van der Waals surface area contributed by atoms with Crippen LogP contribution in [0.5, 0.6) is 17.2 Å². The van der Waals surface area contributed by atoms with Crippen LogP contribution in [0.3, 0.4) is 0 Å². The third kappa shape index (κ3) is 4.63. The fraction of sp³-hybridized carbons (Fsp3) is 0.167. The molecule has 0 fully saturated rings. The highest BCUT2D eigenvalue weighted by Gasteiger charge is 2.22. The number of aromatic hydroxyl groups is 1. The SMILES string of the molecule is C=CC(=O)Oc1ccc2cc(C(=O)Oc3ccc(O)cc3C(C)(C)C)ccc2c1. The van der Waals surface area contributed by atoms with Gasteiger partial charge in [-0.05, 0) is 58.7 Å². The topological polar surface area (TPSA) is 72.8 Å². The average Bonchev–Trinajstić information content (AvgIpc) is 2.68. The molecule has 0 spiro atoms. The number of phenolic OH excluding ortho intramolecular Hbond substituents is 1. The van der Waals surface area contributed by atoms with E-state index in [0.29, 0.717) is 17.1 Å². The molecule has 0 unspecified atom stereocenters. The summed E-state index contributed by atoms with van der Waals surface area (Å²) in [5, 5.41) is 11.4. The Hall–Kier alpha value is -3.60. The Balaban J connectivity index is 1.88. The molecule has 0 heterocycles. The second-order valence-electron chi connectivity index (χ2n) is 7.67. The van der Waals surface area contributed by atoms with Gasteiger partial charge in [0, 0.05) is 11.6 Å². The number of carbonyl (C=O) groups excluding carboxylic acids is 2. The van der Waals surface area contributed by atoms with Gasteiger partial charge in [0.15, 0.2) is 0 Å². The lowest BCUT2D eigenvalue weighted by Crippen LogP contribution is -2.16. The number of hydrogen-bond donors (Lipinski definition) is 1. The van der Waals surface area contributed by atoms with Crippen LogP contribution in [0.2, 0.25) is 0 Å². The normalized spacial score (nSPS) is 11.1. The van der Waals surface area contributed by atoms with Crippen LogP contribution in [0.1, 0.15) is 36.7 Å². The lowest BCUT2D eigenvalue weighted by Gasteiger charge is -2.22. The molecule has 0 aliphatic carbocycles. The van der Waals surface area contributed by atoms with E-state index in [1.54, 1.807) is 48.5 Å². The van der Waals surface area contributed by atoms with Gasteiger partial charge in [0.1, 0.15) is 17.2 Å². The summed E-state index contributed by atoms with van der Waals surface area (Å²) in [5.41, 5.74) is 0.818. The van der Waals surface area contributed by atoms with E-state index < -0.39 is 11.9 Å². The molecule has 0 saturated carbocycles. The fourth-order valence-electron chi connectivity index (χ4n) is 2.92. The van der Waals surface area contributed by atoms with Crippen molar-refractivity contribution < 1.29 is 24.2 Å². The van der Waals surface area contributed by atoms with E-state index in [9.17, 15) is 14.7 Å². The van der Waals surface area contributed by atoms with Crippen molar-refractivity contribution in [3.63, 3.8) is 0 Å². The van der Waals surface area contributed by atoms with Crippen LogP contribution in [-0.2, 0) is 10.2 Å². The summed E-state index contributed by atoms with van der Waals surface area (Å²) in [4.78, 5) is 24.0. The van der Waals surface area contributed by atoms with Gasteiger partial charge in [0.05, 0.1) is 5.56 Å². The molecular weight excluding hydrogens is 368 g/mol. The molecule has 148 valence electrons. The van der Waals surface area contributed by atoms with Gasteiger partial charge in [-0.25, -0.2) is 9.59 Å². The second kappa shape index (κ2) is 7.80. The zero-order chi connectivity index (χ0) is 21.2. The standard InChI is InChI=1S/C24H22O5/c1-5-22(26)28-19-10-8-15-12-17(7-6-16(15)13-19)23(27)29-21-11-9-18(25)14-20(21)24(2,3)4/h5-14,25H,1H2,2-4H3. The first-order valence-electron chi connectivity index (χ1n) is 9.11. The van der Waals surface area contributed by atoms with Gasteiger partial charge in [0.2, 0.25) is 0 Å². The van der Waals surface area contributed by atoms with Crippen LogP contribution < -0.4 is 9.47 Å². The van der Waals surface area contributed by atoms with Gasteiger partial charge in [-0.2, -0.15) is 0 Å². The largest absolute Gasteiger partial charge is 0.508 e. The molecule has 3 aromatic carbocycles. The Morgan fingerprint density at radius 2 is 1.62 bits per heavy atom.